The highest BCUT2D eigenvalue weighted by Gasteiger charge is 2.08. The molecule has 1 aromatic carbocycles. The van der Waals surface area contributed by atoms with Gasteiger partial charge in [-0.05, 0) is 19.1 Å². The molecular formula is C13H16N2O3. The number of nitrogens with one attached hydrogen (secondary N) is 1. The van der Waals surface area contributed by atoms with Crippen LogP contribution in [0.2, 0.25) is 0 Å². The molecule has 0 heterocycles. The number of oxime groups is 1. The third kappa shape index (κ3) is 3.93. The zero-order chi connectivity index (χ0) is 13.4. The fourth-order valence-corrected chi connectivity index (χ4v) is 1.33. The molecule has 1 amide bonds. The summed E-state index contributed by atoms with van der Waals surface area (Å²) in [6.07, 6.45) is 1.59. The number of ether oxygens (including phenoxy) is 1. The van der Waals surface area contributed by atoms with Crippen LogP contribution in [0.1, 0.15) is 12.5 Å². The van der Waals surface area contributed by atoms with Crippen LogP contribution in [0.15, 0.2) is 42.1 Å². The van der Waals surface area contributed by atoms with Crippen LogP contribution in [-0.4, -0.2) is 30.0 Å². The average Bonchev–Trinajstić information content (AvgIpc) is 2.42. The van der Waals surface area contributed by atoms with Crippen molar-refractivity contribution >= 4 is 11.6 Å². The predicted octanol–water partition coefficient (Wildman–Crippen LogP) is 1.57. The van der Waals surface area contributed by atoms with Gasteiger partial charge in [0, 0.05) is 12.1 Å². The summed E-state index contributed by atoms with van der Waals surface area (Å²) in [5, 5.41) is 14.5. The second kappa shape index (κ2) is 7.11. The van der Waals surface area contributed by atoms with Gasteiger partial charge in [0.1, 0.15) is 5.75 Å². The molecule has 0 aromatic heterocycles. The molecule has 0 aliphatic heterocycles. The van der Waals surface area contributed by atoms with Crippen molar-refractivity contribution in [2.75, 3.05) is 13.2 Å². The summed E-state index contributed by atoms with van der Waals surface area (Å²) in [5.74, 6) is 0.268. The molecule has 0 aliphatic carbocycles. The number of hydrogen-bond acceptors (Lipinski definition) is 4. The maximum Gasteiger partial charge on any atom is 0.258 e. The van der Waals surface area contributed by atoms with Crippen molar-refractivity contribution < 1.29 is 14.7 Å². The second-order valence-electron chi connectivity index (χ2n) is 3.56. The quantitative estimate of drug-likeness (QED) is 0.347. The van der Waals surface area contributed by atoms with Crippen LogP contribution in [0.4, 0.5) is 0 Å². The molecule has 0 unspecified atom stereocenters. The van der Waals surface area contributed by atoms with E-state index < -0.39 is 0 Å². The van der Waals surface area contributed by atoms with E-state index in [1.165, 1.54) is 0 Å². The van der Waals surface area contributed by atoms with E-state index in [2.05, 4.69) is 17.1 Å². The Morgan fingerprint density at radius 3 is 2.94 bits per heavy atom. The topological polar surface area (TPSA) is 70.9 Å². The summed E-state index contributed by atoms with van der Waals surface area (Å²) in [5.41, 5.74) is 1.08. The van der Waals surface area contributed by atoms with E-state index in [-0.39, 0.29) is 12.5 Å². The molecule has 1 aromatic rings. The van der Waals surface area contributed by atoms with Crippen LogP contribution in [0, 0.1) is 0 Å². The third-order valence-electron chi connectivity index (χ3n) is 2.23. The van der Waals surface area contributed by atoms with Gasteiger partial charge in [0.25, 0.3) is 5.91 Å². The van der Waals surface area contributed by atoms with E-state index in [0.717, 1.165) is 0 Å². The lowest BCUT2D eigenvalue weighted by Crippen LogP contribution is -2.29. The normalized spacial score (nSPS) is 10.8. The largest absolute Gasteiger partial charge is 0.483 e. The number of carbonyl (C=O) groups excluding carboxylic acids is 1. The van der Waals surface area contributed by atoms with Gasteiger partial charge in [0.2, 0.25) is 0 Å². The molecule has 5 heteroatoms. The van der Waals surface area contributed by atoms with Crippen LogP contribution in [0.3, 0.4) is 0 Å². The first-order valence-electron chi connectivity index (χ1n) is 5.47. The lowest BCUT2D eigenvalue weighted by atomic mass is 10.1. The van der Waals surface area contributed by atoms with Gasteiger partial charge in [-0.2, -0.15) is 0 Å². The molecule has 0 fully saturated rings. The molecular weight excluding hydrogens is 232 g/mol. The summed E-state index contributed by atoms with van der Waals surface area (Å²) in [7, 11) is 0. The highest BCUT2D eigenvalue weighted by molar-refractivity contribution is 6.00. The Morgan fingerprint density at radius 1 is 1.56 bits per heavy atom. The van der Waals surface area contributed by atoms with Crippen LogP contribution >= 0.6 is 0 Å². The number of amides is 1. The number of benzene rings is 1. The standard InChI is InChI=1S/C13H16N2O3/c1-3-8-14-13(16)9-18-12-7-5-4-6-11(12)10(2)15-17/h3-7,17H,1,8-9H2,2H3,(H,14,16)/b15-10+. The average molecular weight is 248 g/mol. The fourth-order valence-electron chi connectivity index (χ4n) is 1.33. The third-order valence-corrected chi connectivity index (χ3v) is 2.23. The lowest BCUT2D eigenvalue weighted by Gasteiger charge is -2.10. The van der Waals surface area contributed by atoms with Gasteiger partial charge >= 0.3 is 0 Å². The molecule has 96 valence electrons. The highest BCUT2D eigenvalue weighted by Crippen LogP contribution is 2.18. The van der Waals surface area contributed by atoms with Crippen molar-refractivity contribution in [1.29, 1.82) is 0 Å². The Labute approximate surface area is 106 Å². The van der Waals surface area contributed by atoms with Crippen molar-refractivity contribution in [3.63, 3.8) is 0 Å². The molecule has 0 bridgehead atoms. The Hall–Kier alpha value is -2.30. The summed E-state index contributed by atoms with van der Waals surface area (Å²) >= 11 is 0. The number of rotatable bonds is 6. The van der Waals surface area contributed by atoms with Crippen molar-refractivity contribution in [3.8, 4) is 5.75 Å². The number of hydrogen-bond donors (Lipinski definition) is 2. The first-order valence-corrected chi connectivity index (χ1v) is 5.47. The first-order chi connectivity index (χ1) is 8.69. The van der Waals surface area contributed by atoms with Gasteiger partial charge in [0.15, 0.2) is 6.61 Å². The summed E-state index contributed by atoms with van der Waals surface area (Å²) in [4.78, 5) is 11.4. The molecule has 0 aliphatic rings. The second-order valence-corrected chi connectivity index (χ2v) is 3.56. The van der Waals surface area contributed by atoms with E-state index in [0.29, 0.717) is 23.6 Å². The number of carbonyl (C=O) groups is 1. The SMILES string of the molecule is C=CCNC(=O)COc1ccccc1/C(C)=N/O. The van der Waals surface area contributed by atoms with Gasteiger partial charge in [0.05, 0.1) is 5.71 Å². The summed E-state index contributed by atoms with van der Waals surface area (Å²) in [6.45, 7) is 5.46. The predicted molar refractivity (Wildman–Crippen MR) is 69.1 cm³/mol. The molecule has 1 rings (SSSR count). The monoisotopic (exact) mass is 248 g/mol. The molecule has 18 heavy (non-hydrogen) atoms. The number of para-hydroxylation sites is 1. The molecule has 5 nitrogen and oxygen atoms in total. The van der Waals surface area contributed by atoms with Crippen LogP contribution in [0.25, 0.3) is 0 Å². The van der Waals surface area contributed by atoms with E-state index in [4.69, 9.17) is 9.94 Å². The Kier molecular flexibility index (Phi) is 5.44. The zero-order valence-electron chi connectivity index (χ0n) is 10.2. The minimum Gasteiger partial charge on any atom is -0.483 e. The van der Waals surface area contributed by atoms with Crippen molar-refractivity contribution in [2.24, 2.45) is 5.16 Å². The molecule has 0 atom stereocenters. The molecule has 2 N–H and O–H groups in total. The highest BCUT2D eigenvalue weighted by atomic mass is 16.5. The fraction of sp³-hybridized carbons (Fsp3) is 0.231. The molecule has 0 radical (unpaired) electrons. The smallest absolute Gasteiger partial charge is 0.258 e. The van der Waals surface area contributed by atoms with Gasteiger partial charge in [-0.3, -0.25) is 4.79 Å². The van der Waals surface area contributed by atoms with Crippen LogP contribution < -0.4 is 10.1 Å². The van der Waals surface area contributed by atoms with Crippen molar-refractivity contribution in [1.82, 2.24) is 5.32 Å². The van der Waals surface area contributed by atoms with E-state index in [9.17, 15) is 4.79 Å². The van der Waals surface area contributed by atoms with E-state index in [1.54, 1.807) is 37.3 Å². The zero-order valence-corrected chi connectivity index (χ0v) is 10.2. The lowest BCUT2D eigenvalue weighted by molar-refractivity contribution is -0.122. The molecule has 0 saturated heterocycles. The van der Waals surface area contributed by atoms with Gasteiger partial charge < -0.3 is 15.3 Å². The van der Waals surface area contributed by atoms with Gasteiger partial charge in [-0.25, -0.2) is 0 Å². The van der Waals surface area contributed by atoms with E-state index >= 15 is 0 Å². The minimum absolute atomic E-state index is 0.0937. The summed E-state index contributed by atoms with van der Waals surface area (Å²) in [6, 6.07) is 7.05. The maximum absolute atomic E-state index is 11.4. The van der Waals surface area contributed by atoms with Crippen molar-refractivity contribution in [2.45, 2.75) is 6.92 Å². The van der Waals surface area contributed by atoms with Gasteiger partial charge in [-0.1, -0.05) is 23.4 Å². The Morgan fingerprint density at radius 2 is 2.28 bits per heavy atom. The van der Waals surface area contributed by atoms with Crippen molar-refractivity contribution in [3.05, 3.63) is 42.5 Å². The maximum atomic E-state index is 11.4. The Balaban J connectivity index is 2.67. The first kappa shape index (κ1) is 13.8. The molecule has 0 spiro atoms. The minimum atomic E-state index is -0.233. The Bertz CT molecular complexity index is 455. The summed E-state index contributed by atoms with van der Waals surface area (Å²) < 4.78 is 5.38. The van der Waals surface area contributed by atoms with Crippen LogP contribution in [0.5, 0.6) is 5.75 Å². The number of nitrogens with zero attached hydrogens (tertiary/aromatic N) is 1. The van der Waals surface area contributed by atoms with E-state index in [1.807, 2.05) is 0 Å². The molecule has 0 saturated carbocycles. The van der Waals surface area contributed by atoms with Crippen LogP contribution in [-0.2, 0) is 4.79 Å². The van der Waals surface area contributed by atoms with Gasteiger partial charge in [-0.15, -0.1) is 6.58 Å².